The van der Waals surface area contributed by atoms with Crippen LogP contribution in [-0.2, 0) is 11.3 Å². The van der Waals surface area contributed by atoms with E-state index in [1.165, 1.54) is 0 Å². The van der Waals surface area contributed by atoms with E-state index < -0.39 is 0 Å². The Bertz CT molecular complexity index is 377. The zero-order valence-corrected chi connectivity index (χ0v) is 10.7. The van der Waals surface area contributed by atoms with Gasteiger partial charge in [0.25, 0.3) is 0 Å². The number of anilines is 1. The summed E-state index contributed by atoms with van der Waals surface area (Å²) in [5.41, 5.74) is 0. The quantitative estimate of drug-likeness (QED) is 0.736. The second-order valence-electron chi connectivity index (χ2n) is 3.74. The van der Waals surface area contributed by atoms with Crippen molar-refractivity contribution in [2.45, 2.75) is 6.61 Å². The Kier molecular flexibility index (Phi) is 5.37. The lowest BCUT2D eigenvalue weighted by atomic mass is 10.5. The van der Waals surface area contributed by atoms with E-state index in [1.54, 1.807) is 7.11 Å². The highest BCUT2D eigenvalue weighted by Gasteiger charge is 1.98. The summed E-state index contributed by atoms with van der Waals surface area (Å²) in [4.78, 5) is 9.39. The number of nitrogens with one attached hydrogen (secondary N) is 2. The van der Waals surface area contributed by atoms with Crippen molar-refractivity contribution in [3.8, 4) is 0 Å². The maximum atomic E-state index is 5.07. The molecule has 1 heterocycles. The molecule has 1 rings (SSSR count). The Hall–Kier alpha value is -0.980. The lowest BCUT2D eigenvalue weighted by molar-refractivity contribution is 0.178. The average Bonchev–Trinajstić information content (AvgIpc) is 2.16. The average molecular weight is 242 g/mol. The van der Waals surface area contributed by atoms with Gasteiger partial charge in [0, 0.05) is 26.3 Å². The minimum Gasteiger partial charge on any atom is -0.377 e. The summed E-state index contributed by atoms with van der Waals surface area (Å²) in [7, 11) is 5.70. The number of ether oxygens (including phenoxy) is 1. The summed E-state index contributed by atoms with van der Waals surface area (Å²) in [6.07, 6.45) is 0. The summed E-state index contributed by atoms with van der Waals surface area (Å²) in [6, 6.07) is 1.81. The maximum Gasteiger partial charge on any atom is 0.135 e. The molecule has 90 valence electrons. The monoisotopic (exact) mass is 242 g/mol. The topological polar surface area (TPSA) is 53.2 Å². The van der Waals surface area contributed by atoms with Gasteiger partial charge in [0.15, 0.2) is 0 Å². The van der Waals surface area contributed by atoms with Crippen LogP contribution in [0.25, 0.3) is 0 Å². The SMILES string of the molecule is COCc1nc(=S)cc(NCCN(C)C)[nH]1. The predicted molar refractivity (Wildman–Crippen MR) is 67.2 cm³/mol. The van der Waals surface area contributed by atoms with Crippen LogP contribution in [0.5, 0.6) is 0 Å². The number of aromatic nitrogens is 2. The van der Waals surface area contributed by atoms with E-state index in [2.05, 4.69) is 20.2 Å². The van der Waals surface area contributed by atoms with Crippen molar-refractivity contribution < 1.29 is 4.74 Å². The van der Waals surface area contributed by atoms with Crippen molar-refractivity contribution in [1.29, 1.82) is 0 Å². The van der Waals surface area contributed by atoms with Gasteiger partial charge >= 0.3 is 0 Å². The van der Waals surface area contributed by atoms with Gasteiger partial charge in [-0.25, -0.2) is 4.98 Å². The van der Waals surface area contributed by atoms with E-state index in [1.807, 2.05) is 20.2 Å². The van der Waals surface area contributed by atoms with Crippen molar-refractivity contribution in [2.24, 2.45) is 0 Å². The molecule has 0 fully saturated rings. The second kappa shape index (κ2) is 6.57. The summed E-state index contributed by atoms with van der Waals surface area (Å²) in [5.74, 6) is 1.62. The van der Waals surface area contributed by atoms with Crippen LogP contribution in [0.2, 0.25) is 0 Å². The first-order valence-electron chi connectivity index (χ1n) is 5.09. The lowest BCUT2D eigenvalue weighted by Gasteiger charge is -2.12. The van der Waals surface area contributed by atoms with E-state index >= 15 is 0 Å². The van der Waals surface area contributed by atoms with Gasteiger partial charge in [0.2, 0.25) is 0 Å². The number of aromatic amines is 1. The molecule has 0 aliphatic carbocycles. The van der Waals surface area contributed by atoms with Crippen molar-refractivity contribution in [3.63, 3.8) is 0 Å². The standard InChI is InChI=1S/C10H18N4OS/c1-14(2)5-4-11-8-6-10(16)13-9(12-8)7-15-3/h6H,4-5,7H2,1-3H3,(H2,11,12,13,16). The molecule has 0 aliphatic rings. The van der Waals surface area contributed by atoms with E-state index in [-0.39, 0.29) is 0 Å². The minimum absolute atomic E-state index is 0.437. The Balaban J connectivity index is 2.61. The van der Waals surface area contributed by atoms with Crippen LogP contribution in [-0.4, -0.2) is 49.2 Å². The molecule has 1 aromatic rings. The predicted octanol–water partition coefficient (Wildman–Crippen LogP) is 1.26. The maximum absolute atomic E-state index is 5.07. The molecule has 0 radical (unpaired) electrons. The number of hydrogen-bond acceptors (Lipinski definition) is 5. The second-order valence-corrected chi connectivity index (χ2v) is 4.16. The van der Waals surface area contributed by atoms with E-state index in [0.717, 1.165) is 24.7 Å². The molecule has 2 N–H and O–H groups in total. The van der Waals surface area contributed by atoms with Crippen molar-refractivity contribution >= 4 is 18.0 Å². The molecule has 6 heteroatoms. The fourth-order valence-electron chi connectivity index (χ4n) is 1.22. The number of nitrogens with zero attached hydrogens (tertiary/aromatic N) is 2. The van der Waals surface area contributed by atoms with Crippen molar-refractivity contribution in [3.05, 3.63) is 16.5 Å². The van der Waals surface area contributed by atoms with Crippen LogP contribution in [0.3, 0.4) is 0 Å². The van der Waals surface area contributed by atoms with E-state index in [4.69, 9.17) is 17.0 Å². The number of hydrogen-bond donors (Lipinski definition) is 2. The molecule has 0 unspecified atom stereocenters. The Morgan fingerprint density at radius 3 is 2.94 bits per heavy atom. The molecule has 0 saturated heterocycles. The van der Waals surface area contributed by atoms with Gasteiger partial charge < -0.3 is 19.9 Å². The number of methoxy groups -OCH3 is 1. The molecular weight excluding hydrogens is 224 g/mol. The highest BCUT2D eigenvalue weighted by atomic mass is 32.1. The van der Waals surface area contributed by atoms with E-state index in [9.17, 15) is 0 Å². The van der Waals surface area contributed by atoms with Gasteiger partial charge in [-0.15, -0.1) is 0 Å². The van der Waals surface area contributed by atoms with Crippen molar-refractivity contribution in [1.82, 2.24) is 14.9 Å². The number of likely N-dealkylation sites (N-methyl/N-ethyl adjacent to an activating group) is 1. The summed E-state index contributed by atoms with van der Waals surface area (Å²) < 4.78 is 5.57. The molecular formula is C10H18N4OS. The number of H-pyrrole nitrogens is 1. The van der Waals surface area contributed by atoms with Crippen LogP contribution in [0.15, 0.2) is 6.07 Å². The zero-order chi connectivity index (χ0) is 12.0. The highest BCUT2D eigenvalue weighted by molar-refractivity contribution is 7.71. The van der Waals surface area contributed by atoms with E-state index in [0.29, 0.717) is 11.2 Å². The first kappa shape index (κ1) is 13.1. The molecule has 0 aliphatic heterocycles. The van der Waals surface area contributed by atoms with Gasteiger partial charge in [0.05, 0.1) is 0 Å². The minimum atomic E-state index is 0.437. The van der Waals surface area contributed by atoms with Crippen LogP contribution in [0.1, 0.15) is 5.82 Å². The number of rotatable bonds is 6. The van der Waals surface area contributed by atoms with Gasteiger partial charge in [0.1, 0.15) is 22.9 Å². The Labute approximate surface area is 101 Å². The molecule has 0 aromatic carbocycles. The third kappa shape index (κ3) is 4.69. The molecule has 0 bridgehead atoms. The fraction of sp³-hybridized carbons (Fsp3) is 0.600. The molecule has 5 nitrogen and oxygen atoms in total. The van der Waals surface area contributed by atoms with Gasteiger partial charge in [-0.05, 0) is 14.1 Å². The van der Waals surface area contributed by atoms with Crippen LogP contribution < -0.4 is 5.32 Å². The smallest absolute Gasteiger partial charge is 0.135 e. The van der Waals surface area contributed by atoms with Gasteiger partial charge in [-0.3, -0.25) is 0 Å². The van der Waals surface area contributed by atoms with Gasteiger partial charge in [-0.1, -0.05) is 12.2 Å². The molecule has 1 aromatic heterocycles. The first-order chi connectivity index (χ1) is 7.61. The largest absolute Gasteiger partial charge is 0.377 e. The Morgan fingerprint density at radius 1 is 1.56 bits per heavy atom. The lowest BCUT2D eigenvalue weighted by Crippen LogP contribution is -2.21. The van der Waals surface area contributed by atoms with Gasteiger partial charge in [-0.2, -0.15) is 0 Å². The van der Waals surface area contributed by atoms with Crippen molar-refractivity contribution in [2.75, 3.05) is 39.6 Å². The van der Waals surface area contributed by atoms with Crippen LogP contribution in [0, 0.1) is 4.64 Å². The third-order valence-electron chi connectivity index (χ3n) is 1.95. The van der Waals surface area contributed by atoms with Crippen LogP contribution >= 0.6 is 12.2 Å². The Morgan fingerprint density at radius 2 is 2.31 bits per heavy atom. The zero-order valence-electron chi connectivity index (χ0n) is 9.91. The first-order valence-corrected chi connectivity index (χ1v) is 5.50. The molecule has 0 amide bonds. The van der Waals surface area contributed by atoms with Crippen LogP contribution in [0.4, 0.5) is 5.82 Å². The fourth-order valence-corrected chi connectivity index (χ4v) is 1.45. The third-order valence-corrected chi connectivity index (χ3v) is 2.16. The summed E-state index contributed by atoms with van der Waals surface area (Å²) >= 11 is 5.07. The highest BCUT2D eigenvalue weighted by Crippen LogP contribution is 2.04. The summed E-state index contributed by atoms with van der Waals surface area (Å²) in [5, 5.41) is 3.26. The molecule has 16 heavy (non-hydrogen) atoms. The molecule has 0 saturated carbocycles. The molecule has 0 spiro atoms. The normalized spacial score (nSPS) is 10.8. The molecule has 0 atom stereocenters. The summed E-state index contributed by atoms with van der Waals surface area (Å²) in [6.45, 7) is 2.25.